The monoisotopic (exact) mass is 387 g/mol. The van der Waals surface area contributed by atoms with Crippen LogP contribution in [0.1, 0.15) is 18.4 Å². The van der Waals surface area contributed by atoms with E-state index >= 15 is 0 Å². The summed E-state index contributed by atoms with van der Waals surface area (Å²) in [6.07, 6.45) is 6.66. The Morgan fingerprint density at radius 2 is 2.00 bits per heavy atom. The lowest BCUT2D eigenvalue weighted by molar-refractivity contribution is -0.125. The molecular formula is C22H21N5O2. The van der Waals surface area contributed by atoms with Crippen molar-refractivity contribution >= 4 is 33.8 Å². The molecule has 0 bridgehead atoms. The molecule has 1 aliphatic rings. The highest BCUT2D eigenvalue weighted by Crippen LogP contribution is 2.33. The first kappa shape index (κ1) is 17.6. The Morgan fingerprint density at radius 3 is 2.83 bits per heavy atom. The third-order valence-electron chi connectivity index (χ3n) is 5.49. The number of hydrogen-bond acceptors (Lipinski definition) is 6. The van der Waals surface area contributed by atoms with E-state index in [4.69, 9.17) is 4.42 Å². The lowest BCUT2D eigenvalue weighted by atomic mass is 9.96. The summed E-state index contributed by atoms with van der Waals surface area (Å²) in [5.41, 5.74) is 3.37. The summed E-state index contributed by atoms with van der Waals surface area (Å²) < 4.78 is 6.05. The van der Waals surface area contributed by atoms with E-state index in [0.717, 1.165) is 53.8 Å². The normalized spacial score (nSPS) is 15.1. The summed E-state index contributed by atoms with van der Waals surface area (Å²) in [6.45, 7) is 2.03. The quantitative estimate of drug-likeness (QED) is 0.578. The minimum Gasteiger partial charge on any atom is -0.450 e. The summed E-state index contributed by atoms with van der Waals surface area (Å²) in [5.74, 6) is 0.918. The molecule has 1 amide bonds. The van der Waals surface area contributed by atoms with Gasteiger partial charge in [0, 0.05) is 43.3 Å². The summed E-state index contributed by atoms with van der Waals surface area (Å²) in [6, 6.07) is 11.7. The number of nitrogens with zero attached hydrogens (tertiary/aromatic N) is 4. The van der Waals surface area contributed by atoms with Gasteiger partial charge in [-0.25, -0.2) is 9.97 Å². The molecule has 0 radical (unpaired) electrons. The average Bonchev–Trinajstić information content (AvgIpc) is 3.17. The van der Waals surface area contributed by atoms with Gasteiger partial charge in [-0.05, 0) is 36.6 Å². The Hall–Kier alpha value is -3.48. The number of aromatic nitrogens is 3. The van der Waals surface area contributed by atoms with Crippen LogP contribution in [0.15, 0.2) is 59.5 Å². The summed E-state index contributed by atoms with van der Waals surface area (Å²) in [4.78, 5) is 27.7. The van der Waals surface area contributed by atoms with E-state index < -0.39 is 0 Å². The van der Waals surface area contributed by atoms with Gasteiger partial charge >= 0.3 is 0 Å². The van der Waals surface area contributed by atoms with E-state index in [0.29, 0.717) is 12.1 Å². The number of anilines is 1. The summed E-state index contributed by atoms with van der Waals surface area (Å²) in [7, 11) is 0. The van der Waals surface area contributed by atoms with Crippen LogP contribution in [0, 0.1) is 5.92 Å². The number of fused-ring (bicyclic) bond motifs is 3. The fourth-order valence-corrected chi connectivity index (χ4v) is 3.93. The Labute approximate surface area is 167 Å². The molecule has 1 fully saturated rings. The number of carbonyl (C=O) groups is 1. The van der Waals surface area contributed by atoms with Crippen LogP contribution in [0.25, 0.3) is 22.1 Å². The molecule has 1 N–H and O–H groups in total. The SMILES string of the molecule is O=C(NCc1cccnc1)C1CCN(c2ncnc3c2oc2ccccc23)CC1. The Balaban J connectivity index is 1.28. The zero-order chi connectivity index (χ0) is 19.6. The molecule has 0 spiro atoms. The van der Waals surface area contributed by atoms with Crippen molar-refractivity contribution in [2.75, 3.05) is 18.0 Å². The molecule has 0 saturated carbocycles. The van der Waals surface area contributed by atoms with Crippen LogP contribution in [0.4, 0.5) is 5.82 Å². The number of benzene rings is 1. The van der Waals surface area contributed by atoms with Crippen molar-refractivity contribution in [2.24, 2.45) is 5.92 Å². The largest absolute Gasteiger partial charge is 0.450 e. The number of amides is 1. The van der Waals surface area contributed by atoms with Crippen LogP contribution >= 0.6 is 0 Å². The Morgan fingerprint density at radius 1 is 1.14 bits per heavy atom. The van der Waals surface area contributed by atoms with Gasteiger partial charge in [0.2, 0.25) is 5.91 Å². The second kappa shape index (κ2) is 7.50. The van der Waals surface area contributed by atoms with E-state index in [2.05, 4.69) is 25.2 Å². The van der Waals surface area contributed by atoms with E-state index in [1.54, 1.807) is 18.7 Å². The second-order valence-corrected chi connectivity index (χ2v) is 7.31. The third kappa shape index (κ3) is 3.40. The molecule has 0 unspecified atom stereocenters. The van der Waals surface area contributed by atoms with E-state index in [1.807, 2.05) is 36.4 Å². The predicted molar refractivity (Wildman–Crippen MR) is 110 cm³/mol. The molecule has 29 heavy (non-hydrogen) atoms. The van der Waals surface area contributed by atoms with Crippen molar-refractivity contribution in [2.45, 2.75) is 19.4 Å². The van der Waals surface area contributed by atoms with Gasteiger partial charge in [-0.2, -0.15) is 0 Å². The summed E-state index contributed by atoms with van der Waals surface area (Å²) in [5, 5.41) is 4.03. The van der Waals surface area contributed by atoms with Gasteiger partial charge in [0.05, 0.1) is 0 Å². The number of para-hydroxylation sites is 1. The fraction of sp³-hybridized carbons (Fsp3) is 0.273. The smallest absolute Gasteiger partial charge is 0.223 e. The van der Waals surface area contributed by atoms with Crippen LogP contribution < -0.4 is 10.2 Å². The zero-order valence-corrected chi connectivity index (χ0v) is 15.9. The molecule has 1 aromatic carbocycles. The lowest BCUT2D eigenvalue weighted by Gasteiger charge is -2.31. The van der Waals surface area contributed by atoms with Crippen LogP contribution in [-0.4, -0.2) is 33.9 Å². The number of rotatable bonds is 4. The highest BCUT2D eigenvalue weighted by molar-refractivity contribution is 6.05. The highest BCUT2D eigenvalue weighted by atomic mass is 16.3. The molecule has 1 saturated heterocycles. The Kier molecular flexibility index (Phi) is 4.56. The number of furan rings is 1. The first-order valence-electron chi connectivity index (χ1n) is 9.83. The molecule has 3 aromatic heterocycles. The maximum absolute atomic E-state index is 12.6. The van der Waals surface area contributed by atoms with Gasteiger partial charge in [-0.15, -0.1) is 0 Å². The van der Waals surface area contributed by atoms with E-state index in [9.17, 15) is 4.79 Å². The van der Waals surface area contributed by atoms with Crippen molar-refractivity contribution in [3.63, 3.8) is 0 Å². The van der Waals surface area contributed by atoms with Crippen molar-refractivity contribution in [1.82, 2.24) is 20.3 Å². The number of carbonyl (C=O) groups excluding carboxylic acids is 1. The van der Waals surface area contributed by atoms with E-state index in [1.165, 1.54) is 0 Å². The van der Waals surface area contributed by atoms with E-state index in [-0.39, 0.29) is 11.8 Å². The third-order valence-corrected chi connectivity index (χ3v) is 5.49. The molecule has 0 atom stereocenters. The molecule has 1 aliphatic heterocycles. The van der Waals surface area contributed by atoms with Gasteiger partial charge in [0.1, 0.15) is 17.4 Å². The molecule has 7 heteroatoms. The number of hydrogen-bond donors (Lipinski definition) is 1. The number of nitrogens with one attached hydrogen (secondary N) is 1. The fourth-order valence-electron chi connectivity index (χ4n) is 3.93. The maximum atomic E-state index is 12.6. The Bertz CT molecular complexity index is 1150. The lowest BCUT2D eigenvalue weighted by Crippen LogP contribution is -2.40. The maximum Gasteiger partial charge on any atom is 0.223 e. The molecule has 146 valence electrons. The van der Waals surface area contributed by atoms with Gasteiger partial charge in [-0.3, -0.25) is 9.78 Å². The number of pyridine rings is 1. The van der Waals surface area contributed by atoms with Crippen LogP contribution in [-0.2, 0) is 11.3 Å². The molecule has 0 aliphatic carbocycles. The van der Waals surface area contributed by atoms with Crippen LogP contribution in [0.3, 0.4) is 0 Å². The second-order valence-electron chi connectivity index (χ2n) is 7.31. The van der Waals surface area contributed by atoms with Gasteiger partial charge < -0.3 is 14.6 Å². The van der Waals surface area contributed by atoms with Gasteiger partial charge in [-0.1, -0.05) is 18.2 Å². The molecule has 5 rings (SSSR count). The van der Waals surface area contributed by atoms with Crippen LogP contribution in [0.5, 0.6) is 0 Å². The standard InChI is InChI=1S/C22H21N5O2/c28-22(24-13-15-4-3-9-23-12-15)16-7-10-27(11-8-16)21-20-19(25-14-26-21)17-5-1-2-6-18(17)29-20/h1-6,9,12,14,16H,7-8,10-11,13H2,(H,24,28). The van der Waals surface area contributed by atoms with Crippen molar-refractivity contribution < 1.29 is 9.21 Å². The van der Waals surface area contributed by atoms with Gasteiger partial charge in [0.25, 0.3) is 0 Å². The first-order chi connectivity index (χ1) is 14.3. The van der Waals surface area contributed by atoms with Crippen LogP contribution in [0.2, 0.25) is 0 Å². The average molecular weight is 387 g/mol. The first-order valence-corrected chi connectivity index (χ1v) is 9.83. The topological polar surface area (TPSA) is 84.2 Å². The van der Waals surface area contributed by atoms with Gasteiger partial charge in [0.15, 0.2) is 11.4 Å². The van der Waals surface area contributed by atoms with Crippen molar-refractivity contribution in [1.29, 1.82) is 0 Å². The summed E-state index contributed by atoms with van der Waals surface area (Å²) >= 11 is 0. The number of piperidine rings is 1. The zero-order valence-electron chi connectivity index (χ0n) is 15.9. The molecular weight excluding hydrogens is 366 g/mol. The molecule has 4 heterocycles. The minimum atomic E-state index is 0.0101. The molecule has 4 aromatic rings. The van der Waals surface area contributed by atoms with Crippen molar-refractivity contribution in [3.8, 4) is 0 Å². The molecule has 7 nitrogen and oxygen atoms in total. The van der Waals surface area contributed by atoms with Crippen molar-refractivity contribution in [3.05, 3.63) is 60.7 Å². The predicted octanol–water partition coefficient (Wildman–Crippen LogP) is 3.30. The highest BCUT2D eigenvalue weighted by Gasteiger charge is 2.27. The minimum absolute atomic E-state index is 0.0101.